The van der Waals surface area contributed by atoms with Crippen molar-refractivity contribution in [2.75, 3.05) is 42.3 Å². The minimum absolute atomic E-state index is 0.00595. The second-order valence-electron chi connectivity index (χ2n) is 9.16. The van der Waals surface area contributed by atoms with Crippen LogP contribution in [0.3, 0.4) is 0 Å². The second-order valence-corrected chi connectivity index (χ2v) is 30.4. The van der Waals surface area contributed by atoms with Gasteiger partial charge in [-0.15, -0.1) is 0 Å². The van der Waals surface area contributed by atoms with E-state index >= 15 is 0 Å². The zero-order chi connectivity index (χ0) is 25.4. The minimum atomic E-state index is -2.98. The SMILES string of the molecule is CO[Si](OC)(OC)C(C)[Si](C)(C)O[SiH](C)O[Si](C)(C)C(C)[Si](OC)(OC)OCO[SiH](C)C. The van der Waals surface area contributed by atoms with Crippen molar-refractivity contribution in [3.63, 3.8) is 0 Å². The smallest absolute Gasteiger partial charge is 0.438 e. The molecule has 32 heavy (non-hydrogen) atoms. The molecule has 0 aromatic heterocycles. The monoisotopic (exact) mass is 564 g/mol. The maximum atomic E-state index is 6.68. The fourth-order valence-electron chi connectivity index (χ4n) is 3.65. The van der Waals surface area contributed by atoms with Crippen LogP contribution in [-0.2, 0) is 39.2 Å². The lowest BCUT2D eigenvalue weighted by molar-refractivity contribution is 0.0246. The van der Waals surface area contributed by atoms with E-state index in [9.17, 15) is 0 Å². The molecule has 3 atom stereocenters. The molecule has 0 radical (unpaired) electrons. The van der Waals surface area contributed by atoms with Crippen LogP contribution in [0.2, 0.25) is 56.2 Å². The van der Waals surface area contributed by atoms with E-state index in [-0.39, 0.29) is 17.1 Å². The van der Waals surface area contributed by atoms with Gasteiger partial charge in [-0.2, -0.15) is 0 Å². The van der Waals surface area contributed by atoms with Crippen molar-refractivity contribution >= 4 is 52.6 Å². The van der Waals surface area contributed by atoms with Gasteiger partial charge in [-0.3, -0.25) is 0 Å². The minimum Gasteiger partial charge on any atom is -0.438 e. The molecule has 0 heterocycles. The molecule has 0 N–H and O–H groups in total. The van der Waals surface area contributed by atoms with Gasteiger partial charge >= 0.3 is 17.6 Å². The normalized spacial score (nSPS) is 17.0. The Hall–Kier alpha value is 0.941. The molecule has 0 aromatic rings. The molecule has 0 aromatic carbocycles. The lowest BCUT2D eigenvalue weighted by Crippen LogP contribution is -2.60. The van der Waals surface area contributed by atoms with Crippen molar-refractivity contribution in [1.29, 1.82) is 0 Å². The predicted molar refractivity (Wildman–Crippen MR) is 141 cm³/mol. The summed E-state index contributed by atoms with van der Waals surface area (Å²) in [4.78, 5) is 0. The Balaban J connectivity index is 5.45. The van der Waals surface area contributed by atoms with Crippen LogP contribution < -0.4 is 0 Å². The van der Waals surface area contributed by atoms with Gasteiger partial charge in [0.2, 0.25) is 0 Å². The molecule has 0 spiro atoms. The maximum Gasteiger partial charge on any atom is 0.504 e. The Labute approximate surface area is 203 Å². The molecule has 0 saturated heterocycles. The highest BCUT2D eigenvalue weighted by atomic mass is 28.5. The van der Waals surface area contributed by atoms with Crippen molar-refractivity contribution in [2.24, 2.45) is 0 Å². The van der Waals surface area contributed by atoms with E-state index in [2.05, 4.69) is 59.7 Å². The first-order chi connectivity index (χ1) is 14.6. The molecule has 194 valence electrons. The summed E-state index contributed by atoms with van der Waals surface area (Å²) in [5, 5.41) is 0.0384. The summed E-state index contributed by atoms with van der Waals surface area (Å²) in [6.45, 7) is 19.3. The number of hydrogen-bond acceptors (Lipinski definition) is 9. The van der Waals surface area contributed by atoms with Crippen LogP contribution in [0.1, 0.15) is 13.8 Å². The molecule has 9 nitrogen and oxygen atoms in total. The third-order valence-corrected chi connectivity index (χ3v) is 30.4. The highest BCUT2D eigenvalue weighted by Crippen LogP contribution is 2.37. The lowest BCUT2D eigenvalue weighted by atomic mass is 10.9. The van der Waals surface area contributed by atoms with Gasteiger partial charge in [0.25, 0.3) is 9.28 Å². The molecule has 0 aliphatic carbocycles. The summed E-state index contributed by atoms with van der Waals surface area (Å²) in [6, 6.07) is 0. The molecule has 0 rings (SSSR count). The second kappa shape index (κ2) is 13.9. The van der Waals surface area contributed by atoms with E-state index in [1.54, 1.807) is 35.5 Å². The first-order valence-electron chi connectivity index (χ1n) is 11.0. The van der Waals surface area contributed by atoms with Gasteiger partial charge in [-0.05, 0) is 45.8 Å². The van der Waals surface area contributed by atoms with E-state index in [1.807, 2.05) is 0 Å². The summed E-state index contributed by atoms with van der Waals surface area (Å²) < 4.78 is 54.0. The standard InChI is InChI=1S/C17H48O9Si6/c1-16(31(18-3,19-4)20-5)29(11,12)25-28(10)26-30(13,14)17(2)32(21-6,22-7)24-15-23-27(8)9/h16-17,27-28H,15H2,1-14H3. The zero-order valence-electron chi connectivity index (χ0n) is 22.7. The van der Waals surface area contributed by atoms with Crippen LogP contribution in [0, 0.1) is 0 Å². The van der Waals surface area contributed by atoms with E-state index in [4.69, 9.17) is 39.2 Å². The largest absolute Gasteiger partial charge is 0.504 e. The fourth-order valence-corrected chi connectivity index (χ4v) is 26.4. The average Bonchev–Trinajstić information content (AvgIpc) is 2.71. The van der Waals surface area contributed by atoms with Gasteiger partial charge in [0, 0.05) is 45.9 Å². The molecule has 0 saturated carbocycles. The van der Waals surface area contributed by atoms with Gasteiger partial charge in [-0.25, -0.2) is 0 Å². The molecule has 0 amide bonds. The van der Waals surface area contributed by atoms with Crippen molar-refractivity contribution in [2.45, 2.75) is 70.0 Å². The highest BCUT2D eigenvalue weighted by Gasteiger charge is 2.56. The lowest BCUT2D eigenvalue weighted by Gasteiger charge is -2.43. The highest BCUT2D eigenvalue weighted by molar-refractivity contribution is 6.93. The van der Waals surface area contributed by atoms with Crippen molar-refractivity contribution < 1.29 is 39.2 Å². The zero-order valence-corrected chi connectivity index (χ0v) is 29.0. The van der Waals surface area contributed by atoms with Crippen LogP contribution in [0.25, 0.3) is 0 Å². The van der Waals surface area contributed by atoms with Crippen LogP contribution in [-0.4, -0.2) is 94.9 Å². The fraction of sp³-hybridized carbons (Fsp3) is 1.00. The first-order valence-corrected chi connectivity index (χ1v) is 25.5. The summed E-state index contributed by atoms with van der Waals surface area (Å²) in [5.41, 5.74) is 0. The van der Waals surface area contributed by atoms with E-state index < -0.39 is 52.6 Å². The van der Waals surface area contributed by atoms with Crippen LogP contribution >= 0.6 is 0 Å². The number of rotatable bonds is 17. The third-order valence-electron chi connectivity index (χ3n) is 6.17. The summed E-state index contributed by atoms with van der Waals surface area (Å²) in [5.74, 6) is 0. The Morgan fingerprint density at radius 1 is 0.625 bits per heavy atom. The summed E-state index contributed by atoms with van der Waals surface area (Å²) >= 11 is 0. The Morgan fingerprint density at radius 3 is 1.28 bits per heavy atom. The van der Waals surface area contributed by atoms with E-state index in [0.29, 0.717) is 0 Å². The van der Waals surface area contributed by atoms with Crippen LogP contribution in [0.4, 0.5) is 0 Å². The first kappa shape index (κ1) is 32.9. The van der Waals surface area contributed by atoms with Crippen molar-refractivity contribution in [3.8, 4) is 0 Å². The average molecular weight is 565 g/mol. The van der Waals surface area contributed by atoms with Gasteiger partial charge in [-0.1, -0.05) is 13.8 Å². The molecule has 0 fully saturated rings. The topological polar surface area (TPSA) is 83.1 Å². The molecule has 0 aliphatic heterocycles. The molecule has 0 aliphatic rings. The van der Waals surface area contributed by atoms with Crippen LogP contribution in [0.5, 0.6) is 0 Å². The molecule has 0 bridgehead atoms. The van der Waals surface area contributed by atoms with E-state index in [0.717, 1.165) is 0 Å². The predicted octanol–water partition coefficient (Wildman–Crippen LogP) is 3.22. The van der Waals surface area contributed by atoms with Gasteiger partial charge in [0.05, 0.1) is 0 Å². The van der Waals surface area contributed by atoms with E-state index in [1.165, 1.54) is 0 Å². The molecular formula is C17H48O9Si6. The Bertz CT molecular complexity index is 524. The molecular weight excluding hydrogens is 517 g/mol. The van der Waals surface area contributed by atoms with Crippen molar-refractivity contribution in [1.82, 2.24) is 0 Å². The van der Waals surface area contributed by atoms with Crippen molar-refractivity contribution in [3.05, 3.63) is 0 Å². The third kappa shape index (κ3) is 8.56. The molecule has 3 unspecified atom stereocenters. The van der Waals surface area contributed by atoms with Crippen LogP contribution in [0.15, 0.2) is 0 Å². The maximum absolute atomic E-state index is 6.68. The Kier molecular flexibility index (Phi) is 14.3. The Morgan fingerprint density at radius 2 is 0.969 bits per heavy atom. The van der Waals surface area contributed by atoms with Gasteiger partial charge < -0.3 is 39.2 Å². The number of hydrogen-bond donors (Lipinski definition) is 0. The summed E-state index contributed by atoms with van der Waals surface area (Å²) in [7, 11) is -5.37. The summed E-state index contributed by atoms with van der Waals surface area (Å²) in [6.07, 6.45) is 0. The quantitative estimate of drug-likeness (QED) is 0.195. The van der Waals surface area contributed by atoms with Gasteiger partial charge in [0.1, 0.15) is 6.79 Å². The van der Waals surface area contributed by atoms with Gasteiger partial charge in [0.15, 0.2) is 25.7 Å². The molecule has 15 heteroatoms.